The molecule has 31 heavy (non-hydrogen) atoms. The topological polar surface area (TPSA) is 48.9 Å². The van der Waals surface area contributed by atoms with Crippen molar-refractivity contribution >= 4 is 41.5 Å². The summed E-state index contributed by atoms with van der Waals surface area (Å²) in [5.41, 5.74) is 2.33. The van der Waals surface area contributed by atoms with Crippen molar-refractivity contribution in [1.82, 2.24) is 15.5 Å². The highest BCUT2D eigenvalue weighted by molar-refractivity contribution is 14.0. The zero-order chi connectivity index (χ0) is 20.8. The lowest BCUT2D eigenvalue weighted by atomic mass is 10.1. The number of nitrogens with one attached hydrogen (secondary N) is 2. The highest BCUT2D eigenvalue weighted by Gasteiger charge is 2.31. The van der Waals surface area contributed by atoms with Gasteiger partial charge in [-0.05, 0) is 48.9 Å². The number of hydrogen-bond acceptors (Lipinski definition) is 3. The molecule has 1 aliphatic heterocycles. The SMILES string of the molecule is CN=C(NCc1ccccc1COc1ccccc1Cl)NC1CCN(C2CC2)CC1.I. The molecule has 0 radical (unpaired) electrons. The van der Waals surface area contributed by atoms with Crippen LogP contribution in [0.4, 0.5) is 0 Å². The minimum Gasteiger partial charge on any atom is -0.487 e. The van der Waals surface area contributed by atoms with E-state index in [4.69, 9.17) is 16.3 Å². The van der Waals surface area contributed by atoms with Gasteiger partial charge in [0.1, 0.15) is 12.4 Å². The second-order valence-corrected chi connectivity index (χ2v) is 8.51. The maximum absolute atomic E-state index is 6.21. The van der Waals surface area contributed by atoms with Gasteiger partial charge in [0.25, 0.3) is 0 Å². The Kier molecular flexibility index (Phi) is 9.29. The molecule has 7 heteroatoms. The van der Waals surface area contributed by atoms with Crippen LogP contribution in [0.1, 0.15) is 36.8 Å². The van der Waals surface area contributed by atoms with E-state index in [1.165, 1.54) is 44.3 Å². The molecule has 2 aromatic carbocycles. The lowest BCUT2D eigenvalue weighted by Crippen LogP contribution is -2.48. The van der Waals surface area contributed by atoms with Gasteiger partial charge in [-0.15, -0.1) is 24.0 Å². The number of ether oxygens (including phenoxy) is 1. The van der Waals surface area contributed by atoms with E-state index < -0.39 is 0 Å². The number of piperidine rings is 1. The van der Waals surface area contributed by atoms with Gasteiger partial charge in [0.15, 0.2) is 5.96 Å². The first-order chi connectivity index (χ1) is 14.7. The van der Waals surface area contributed by atoms with Crippen LogP contribution in [-0.2, 0) is 13.2 Å². The molecule has 5 nitrogen and oxygen atoms in total. The number of nitrogens with zero attached hydrogens (tertiary/aromatic N) is 2. The van der Waals surface area contributed by atoms with Gasteiger partial charge < -0.3 is 20.3 Å². The predicted molar refractivity (Wildman–Crippen MR) is 139 cm³/mol. The van der Waals surface area contributed by atoms with Crippen molar-refractivity contribution in [1.29, 1.82) is 0 Å². The van der Waals surface area contributed by atoms with Gasteiger partial charge in [-0.1, -0.05) is 48.0 Å². The summed E-state index contributed by atoms with van der Waals surface area (Å²) in [6.45, 7) is 3.57. The molecule has 1 aliphatic carbocycles. The Balaban J connectivity index is 0.00000272. The van der Waals surface area contributed by atoms with Crippen LogP contribution in [0.3, 0.4) is 0 Å². The summed E-state index contributed by atoms with van der Waals surface area (Å²) in [7, 11) is 1.83. The van der Waals surface area contributed by atoms with Crippen LogP contribution in [0.2, 0.25) is 5.02 Å². The molecule has 2 aromatic rings. The van der Waals surface area contributed by atoms with Crippen LogP contribution >= 0.6 is 35.6 Å². The van der Waals surface area contributed by atoms with Crippen LogP contribution in [0, 0.1) is 0 Å². The lowest BCUT2D eigenvalue weighted by molar-refractivity contribution is 0.197. The van der Waals surface area contributed by atoms with E-state index in [9.17, 15) is 0 Å². The second-order valence-electron chi connectivity index (χ2n) is 8.10. The summed E-state index contributed by atoms with van der Waals surface area (Å²) >= 11 is 6.21. The Morgan fingerprint density at radius 3 is 2.39 bits per heavy atom. The first-order valence-corrected chi connectivity index (χ1v) is 11.3. The Morgan fingerprint density at radius 1 is 1.03 bits per heavy atom. The minimum absolute atomic E-state index is 0. The molecule has 168 valence electrons. The van der Waals surface area contributed by atoms with Gasteiger partial charge in [-0.2, -0.15) is 0 Å². The molecule has 0 aromatic heterocycles. The largest absolute Gasteiger partial charge is 0.487 e. The van der Waals surface area contributed by atoms with E-state index in [1.807, 2.05) is 37.4 Å². The number of para-hydroxylation sites is 1. The summed E-state index contributed by atoms with van der Waals surface area (Å²) in [4.78, 5) is 7.07. The van der Waals surface area contributed by atoms with Crippen molar-refractivity contribution < 1.29 is 4.74 Å². The predicted octanol–water partition coefficient (Wildman–Crippen LogP) is 4.83. The molecule has 2 N–H and O–H groups in total. The molecule has 2 fully saturated rings. The van der Waals surface area contributed by atoms with Crippen LogP contribution in [0.25, 0.3) is 0 Å². The van der Waals surface area contributed by atoms with Crippen molar-refractivity contribution in [2.45, 2.75) is 50.9 Å². The molecule has 0 atom stereocenters. The lowest BCUT2D eigenvalue weighted by Gasteiger charge is -2.33. The van der Waals surface area contributed by atoms with Gasteiger partial charge in [0, 0.05) is 38.8 Å². The minimum atomic E-state index is 0. The fourth-order valence-corrected chi connectivity index (χ4v) is 4.19. The number of aliphatic imine (C=N–C) groups is 1. The molecular weight excluding hydrogens is 523 g/mol. The van der Waals surface area contributed by atoms with Crippen LogP contribution in [0.15, 0.2) is 53.5 Å². The standard InChI is InChI=1S/C24H31ClN4O.HI/c1-26-24(28-20-12-14-29(15-13-20)21-10-11-21)27-16-18-6-2-3-7-19(18)17-30-23-9-5-4-8-22(23)25;/h2-9,20-21H,10-17H2,1H3,(H2,26,27,28);1H. The maximum Gasteiger partial charge on any atom is 0.191 e. The number of rotatable bonds is 7. The smallest absolute Gasteiger partial charge is 0.191 e. The molecule has 1 saturated heterocycles. The van der Waals surface area contributed by atoms with E-state index >= 15 is 0 Å². The average molecular weight is 555 g/mol. The number of likely N-dealkylation sites (tertiary alicyclic amines) is 1. The molecule has 1 heterocycles. The summed E-state index contributed by atoms with van der Waals surface area (Å²) < 4.78 is 5.94. The third-order valence-corrected chi connectivity index (χ3v) is 6.25. The van der Waals surface area contributed by atoms with E-state index in [0.717, 1.165) is 17.6 Å². The first kappa shape index (κ1) is 24.1. The van der Waals surface area contributed by atoms with Crippen LogP contribution < -0.4 is 15.4 Å². The molecule has 0 amide bonds. The van der Waals surface area contributed by atoms with Gasteiger partial charge in [0.05, 0.1) is 5.02 Å². The van der Waals surface area contributed by atoms with Crippen molar-refractivity contribution in [3.05, 3.63) is 64.7 Å². The summed E-state index contributed by atoms with van der Waals surface area (Å²) in [5.74, 6) is 1.57. The van der Waals surface area contributed by atoms with Gasteiger partial charge in [0.2, 0.25) is 0 Å². The van der Waals surface area contributed by atoms with Crippen LogP contribution in [-0.4, -0.2) is 43.1 Å². The van der Waals surface area contributed by atoms with Crippen LogP contribution in [0.5, 0.6) is 5.75 Å². The number of hydrogen-bond donors (Lipinski definition) is 2. The van der Waals surface area contributed by atoms with E-state index in [2.05, 4.69) is 38.7 Å². The monoisotopic (exact) mass is 554 g/mol. The van der Waals surface area contributed by atoms with E-state index in [1.54, 1.807) is 0 Å². The highest BCUT2D eigenvalue weighted by atomic mass is 127. The Morgan fingerprint density at radius 2 is 1.71 bits per heavy atom. The molecule has 4 rings (SSSR count). The molecule has 2 aliphatic rings. The fraction of sp³-hybridized carbons (Fsp3) is 0.458. The summed E-state index contributed by atoms with van der Waals surface area (Å²) in [6, 6.07) is 17.2. The van der Waals surface area contributed by atoms with Crippen molar-refractivity contribution in [3.8, 4) is 5.75 Å². The zero-order valence-electron chi connectivity index (χ0n) is 18.0. The normalized spacial score (nSPS) is 17.7. The maximum atomic E-state index is 6.21. The quantitative estimate of drug-likeness (QED) is 0.293. The number of guanidine groups is 1. The molecule has 0 unspecified atom stereocenters. The second kappa shape index (κ2) is 11.9. The first-order valence-electron chi connectivity index (χ1n) is 10.9. The van der Waals surface area contributed by atoms with E-state index in [-0.39, 0.29) is 24.0 Å². The molecule has 0 spiro atoms. The van der Waals surface area contributed by atoms with Gasteiger partial charge >= 0.3 is 0 Å². The van der Waals surface area contributed by atoms with Crippen molar-refractivity contribution in [2.24, 2.45) is 4.99 Å². The van der Waals surface area contributed by atoms with Gasteiger partial charge in [-0.3, -0.25) is 4.99 Å². The summed E-state index contributed by atoms with van der Waals surface area (Å²) in [5, 5.41) is 7.71. The zero-order valence-corrected chi connectivity index (χ0v) is 21.1. The van der Waals surface area contributed by atoms with Crippen molar-refractivity contribution in [2.75, 3.05) is 20.1 Å². The molecule has 0 bridgehead atoms. The van der Waals surface area contributed by atoms with E-state index in [0.29, 0.717) is 30.0 Å². The van der Waals surface area contributed by atoms with Crippen molar-refractivity contribution in [3.63, 3.8) is 0 Å². The molecule has 1 saturated carbocycles. The fourth-order valence-electron chi connectivity index (χ4n) is 4.00. The number of benzene rings is 2. The van der Waals surface area contributed by atoms with Gasteiger partial charge in [-0.25, -0.2) is 0 Å². The highest BCUT2D eigenvalue weighted by Crippen LogP contribution is 2.29. The average Bonchev–Trinajstić information content (AvgIpc) is 3.62. The third kappa shape index (κ3) is 6.99. The molecular formula is C24H32ClIN4O. The Labute approximate surface area is 207 Å². The Bertz CT molecular complexity index is 866. The third-order valence-electron chi connectivity index (χ3n) is 5.94. The Hall–Kier alpha value is -1.51. The summed E-state index contributed by atoms with van der Waals surface area (Å²) in [6.07, 6.45) is 5.14. The number of halogens is 2.